The van der Waals surface area contributed by atoms with Gasteiger partial charge in [-0.1, -0.05) is 31.9 Å². The fourth-order valence-electron chi connectivity index (χ4n) is 3.26. The Labute approximate surface area is 143 Å². The van der Waals surface area contributed by atoms with Gasteiger partial charge in [0.05, 0.1) is 13.0 Å². The smallest absolute Gasteiger partial charge is 0.311 e. The van der Waals surface area contributed by atoms with E-state index in [0.29, 0.717) is 5.56 Å². The number of methoxy groups -OCH3 is 1. The first kappa shape index (κ1) is 18.3. The number of carboxylic acids is 1. The minimum Gasteiger partial charge on any atom is -0.496 e. The number of likely N-dealkylation sites (tertiary alicyclic amines) is 1. The van der Waals surface area contributed by atoms with E-state index in [0.717, 1.165) is 56.5 Å². The molecule has 24 heavy (non-hydrogen) atoms. The van der Waals surface area contributed by atoms with E-state index in [4.69, 9.17) is 4.74 Å². The third-order valence-corrected chi connectivity index (χ3v) is 4.72. The maximum Gasteiger partial charge on any atom is 0.311 e. The van der Waals surface area contributed by atoms with Crippen LogP contribution in [0.4, 0.5) is 0 Å². The molecule has 1 aliphatic heterocycles. The van der Waals surface area contributed by atoms with Gasteiger partial charge >= 0.3 is 5.97 Å². The fraction of sp³-hybridized carbons (Fsp3) is 0.579. The number of hydrogen-bond donors (Lipinski definition) is 1. The van der Waals surface area contributed by atoms with Gasteiger partial charge in [0.2, 0.25) is 5.91 Å². The van der Waals surface area contributed by atoms with Crippen molar-refractivity contribution in [2.75, 3.05) is 20.2 Å². The minimum absolute atomic E-state index is 0.0187. The zero-order valence-corrected chi connectivity index (χ0v) is 14.6. The summed E-state index contributed by atoms with van der Waals surface area (Å²) in [6.07, 6.45) is 5.07. The second kappa shape index (κ2) is 8.71. The van der Waals surface area contributed by atoms with Gasteiger partial charge in [0.15, 0.2) is 0 Å². The van der Waals surface area contributed by atoms with E-state index in [1.807, 2.05) is 17.9 Å². The van der Waals surface area contributed by atoms with Crippen LogP contribution in [-0.4, -0.2) is 42.1 Å². The van der Waals surface area contributed by atoms with Crippen LogP contribution < -0.4 is 4.74 Å². The van der Waals surface area contributed by atoms with Crippen molar-refractivity contribution in [2.45, 2.75) is 51.4 Å². The zero-order chi connectivity index (χ0) is 17.5. The molecule has 0 bridgehead atoms. The lowest BCUT2D eigenvalue weighted by atomic mass is 9.93. The molecule has 0 aliphatic carbocycles. The van der Waals surface area contributed by atoms with Crippen LogP contribution in [-0.2, 0) is 16.0 Å². The number of carbonyl (C=O) groups is 2. The lowest BCUT2D eigenvalue weighted by molar-refractivity contribution is -0.142. The van der Waals surface area contributed by atoms with Crippen molar-refractivity contribution in [1.82, 2.24) is 4.90 Å². The summed E-state index contributed by atoms with van der Waals surface area (Å²) in [5, 5.41) is 9.62. The molecule has 1 N–H and O–H groups in total. The van der Waals surface area contributed by atoms with Crippen LogP contribution >= 0.6 is 0 Å². The predicted molar refractivity (Wildman–Crippen MR) is 92.4 cm³/mol. The van der Waals surface area contributed by atoms with Gasteiger partial charge in [0.25, 0.3) is 0 Å². The molecule has 1 aromatic carbocycles. The first-order chi connectivity index (χ1) is 11.6. The van der Waals surface area contributed by atoms with E-state index in [9.17, 15) is 14.7 Å². The Morgan fingerprint density at radius 1 is 1.21 bits per heavy atom. The first-order valence-corrected chi connectivity index (χ1v) is 8.74. The van der Waals surface area contributed by atoms with Crippen molar-refractivity contribution < 1.29 is 19.4 Å². The van der Waals surface area contributed by atoms with E-state index in [1.165, 1.54) is 0 Å². The molecule has 1 aliphatic rings. The number of ether oxygens (including phenoxy) is 1. The van der Waals surface area contributed by atoms with Crippen molar-refractivity contribution in [3.8, 4) is 5.75 Å². The molecule has 5 nitrogen and oxygen atoms in total. The molecule has 0 radical (unpaired) electrons. The number of carboxylic acid groups (broad SMARTS) is 1. The van der Waals surface area contributed by atoms with Crippen LogP contribution in [0, 0.1) is 0 Å². The summed E-state index contributed by atoms with van der Waals surface area (Å²) >= 11 is 0. The normalized spacial score (nSPS) is 16.3. The summed E-state index contributed by atoms with van der Waals surface area (Å²) in [5.41, 5.74) is 1.63. The second-order valence-corrected chi connectivity index (χ2v) is 6.31. The number of nitrogens with zero attached hydrogens (tertiary/aromatic N) is 1. The molecule has 1 saturated heterocycles. The SMILES string of the molecule is CCc1cc(C(CC(=O)N2CCCCCC2)C(=O)O)ccc1OC. The quantitative estimate of drug-likeness (QED) is 0.868. The van der Waals surface area contributed by atoms with E-state index in [1.54, 1.807) is 19.2 Å². The highest BCUT2D eigenvalue weighted by molar-refractivity contribution is 5.86. The Morgan fingerprint density at radius 3 is 2.42 bits per heavy atom. The third-order valence-electron chi connectivity index (χ3n) is 4.72. The largest absolute Gasteiger partial charge is 0.496 e. The molecule has 0 spiro atoms. The van der Waals surface area contributed by atoms with Crippen molar-refractivity contribution in [1.29, 1.82) is 0 Å². The van der Waals surface area contributed by atoms with Crippen LogP contribution in [0.15, 0.2) is 18.2 Å². The molecular weight excluding hydrogens is 306 g/mol. The van der Waals surface area contributed by atoms with Crippen molar-refractivity contribution >= 4 is 11.9 Å². The van der Waals surface area contributed by atoms with E-state index in [-0.39, 0.29) is 12.3 Å². The molecule has 132 valence electrons. The highest BCUT2D eigenvalue weighted by atomic mass is 16.5. The van der Waals surface area contributed by atoms with Crippen LogP contribution in [0.25, 0.3) is 0 Å². The monoisotopic (exact) mass is 333 g/mol. The molecule has 0 saturated carbocycles. The van der Waals surface area contributed by atoms with Crippen molar-refractivity contribution in [2.24, 2.45) is 0 Å². The molecule has 5 heteroatoms. The van der Waals surface area contributed by atoms with Gasteiger partial charge in [-0.05, 0) is 36.5 Å². The molecule has 1 unspecified atom stereocenters. The molecule has 1 aromatic rings. The molecular formula is C19H27NO4. The topological polar surface area (TPSA) is 66.8 Å². The Morgan fingerprint density at radius 2 is 1.88 bits per heavy atom. The fourth-order valence-corrected chi connectivity index (χ4v) is 3.26. The Balaban J connectivity index is 2.17. The van der Waals surface area contributed by atoms with Crippen LogP contribution in [0.5, 0.6) is 5.75 Å². The molecule has 1 heterocycles. The van der Waals surface area contributed by atoms with Gasteiger partial charge in [-0.15, -0.1) is 0 Å². The number of amides is 1. The molecule has 1 fully saturated rings. The third kappa shape index (κ3) is 4.49. The maximum absolute atomic E-state index is 12.6. The van der Waals surface area contributed by atoms with Crippen LogP contribution in [0.1, 0.15) is 56.1 Å². The Hall–Kier alpha value is -2.04. The predicted octanol–water partition coefficient (Wildman–Crippen LogP) is 3.22. The zero-order valence-electron chi connectivity index (χ0n) is 14.6. The Kier molecular flexibility index (Phi) is 6.64. The maximum atomic E-state index is 12.6. The standard InChI is InChI=1S/C19H27NO4/c1-3-14-12-15(8-9-17(14)24-2)16(19(22)23)13-18(21)20-10-6-4-5-7-11-20/h8-9,12,16H,3-7,10-11,13H2,1-2H3,(H,22,23). The number of benzene rings is 1. The molecule has 1 amide bonds. The average Bonchev–Trinajstić information content (AvgIpc) is 2.88. The average molecular weight is 333 g/mol. The van der Waals surface area contributed by atoms with Gasteiger partial charge in [-0.2, -0.15) is 0 Å². The number of aryl methyl sites for hydroxylation is 1. The van der Waals surface area contributed by atoms with Crippen LogP contribution in [0.3, 0.4) is 0 Å². The second-order valence-electron chi connectivity index (χ2n) is 6.31. The summed E-state index contributed by atoms with van der Waals surface area (Å²) in [6.45, 7) is 3.49. The highest BCUT2D eigenvalue weighted by Gasteiger charge is 2.27. The van der Waals surface area contributed by atoms with E-state index < -0.39 is 11.9 Å². The van der Waals surface area contributed by atoms with Gasteiger partial charge < -0.3 is 14.7 Å². The number of rotatable bonds is 6. The van der Waals surface area contributed by atoms with Crippen molar-refractivity contribution in [3.05, 3.63) is 29.3 Å². The molecule has 0 aromatic heterocycles. The highest BCUT2D eigenvalue weighted by Crippen LogP contribution is 2.28. The Bertz CT molecular complexity index is 577. The molecule has 2 rings (SSSR count). The summed E-state index contributed by atoms with van der Waals surface area (Å²) < 4.78 is 5.30. The van der Waals surface area contributed by atoms with Gasteiger partial charge in [0.1, 0.15) is 5.75 Å². The lowest BCUT2D eigenvalue weighted by Crippen LogP contribution is -2.34. The van der Waals surface area contributed by atoms with Crippen molar-refractivity contribution in [3.63, 3.8) is 0 Å². The summed E-state index contributed by atoms with van der Waals surface area (Å²) in [6, 6.07) is 5.40. The lowest BCUT2D eigenvalue weighted by Gasteiger charge is -2.23. The van der Waals surface area contributed by atoms with Gasteiger partial charge in [0, 0.05) is 19.5 Å². The van der Waals surface area contributed by atoms with E-state index in [2.05, 4.69) is 0 Å². The summed E-state index contributed by atoms with van der Waals surface area (Å²) in [4.78, 5) is 26.1. The minimum atomic E-state index is -0.953. The number of carbonyl (C=O) groups excluding carboxylic acids is 1. The van der Waals surface area contributed by atoms with Gasteiger partial charge in [-0.25, -0.2) is 0 Å². The van der Waals surface area contributed by atoms with Crippen LogP contribution in [0.2, 0.25) is 0 Å². The first-order valence-electron chi connectivity index (χ1n) is 8.74. The summed E-state index contributed by atoms with van der Waals surface area (Å²) in [7, 11) is 1.60. The molecule has 1 atom stereocenters. The number of hydrogen-bond acceptors (Lipinski definition) is 3. The van der Waals surface area contributed by atoms with Gasteiger partial charge in [-0.3, -0.25) is 9.59 Å². The van der Waals surface area contributed by atoms with E-state index >= 15 is 0 Å². The summed E-state index contributed by atoms with van der Waals surface area (Å²) in [5.74, 6) is -1.07. The number of aliphatic carboxylic acids is 1.